The van der Waals surface area contributed by atoms with Crippen molar-refractivity contribution in [1.82, 2.24) is 5.32 Å². The second kappa shape index (κ2) is 4.38. The zero-order valence-electron chi connectivity index (χ0n) is 9.93. The number of benzene rings is 1. The van der Waals surface area contributed by atoms with Crippen molar-refractivity contribution in [3.63, 3.8) is 0 Å². The largest absolute Gasteiger partial charge is 0.480 e. The predicted octanol–water partition coefficient (Wildman–Crippen LogP) is 1.20. The average Bonchev–Trinajstić information content (AvgIpc) is 3.03. The summed E-state index contributed by atoms with van der Waals surface area (Å²) in [4.78, 5) is 11.9. The van der Waals surface area contributed by atoms with E-state index in [0.717, 1.165) is 12.8 Å². The minimum atomic E-state index is -3.76. The van der Waals surface area contributed by atoms with Crippen molar-refractivity contribution in [1.29, 1.82) is 0 Å². The summed E-state index contributed by atoms with van der Waals surface area (Å²) in [5.41, 5.74) is 0.692. The van der Waals surface area contributed by atoms with Crippen LogP contribution in [0.15, 0.2) is 23.1 Å². The SMILES string of the molecule is O=C(NC1CC1)C1Cc2cc(S(=O)(=O)Cl)ccc2O1. The number of amides is 1. The lowest BCUT2D eigenvalue weighted by molar-refractivity contribution is -0.127. The van der Waals surface area contributed by atoms with E-state index >= 15 is 0 Å². The van der Waals surface area contributed by atoms with Crippen LogP contribution in [0.2, 0.25) is 0 Å². The summed E-state index contributed by atoms with van der Waals surface area (Å²) in [6.07, 6.45) is 1.82. The van der Waals surface area contributed by atoms with Crippen LogP contribution in [0, 0.1) is 0 Å². The molecule has 1 atom stereocenters. The number of carbonyl (C=O) groups is 1. The Labute approximate surface area is 115 Å². The van der Waals surface area contributed by atoms with Crippen LogP contribution in [0.4, 0.5) is 0 Å². The Kier molecular flexibility index (Phi) is 2.94. The van der Waals surface area contributed by atoms with Crippen LogP contribution in [0.1, 0.15) is 18.4 Å². The van der Waals surface area contributed by atoms with Crippen molar-refractivity contribution < 1.29 is 17.9 Å². The van der Waals surface area contributed by atoms with Crippen LogP contribution < -0.4 is 10.1 Å². The Morgan fingerprint density at radius 1 is 1.37 bits per heavy atom. The molecule has 1 aromatic rings. The van der Waals surface area contributed by atoms with Gasteiger partial charge in [0.1, 0.15) is 5.75 Å². The maximum Gasteiger partial charge on any atom is 0.261 e. The first-order valence-corrected chi connectivity index (χ1v) is 8.29. The van der Waals surface area contributed by atoms with Crippen LogP contribution in [-0.4, -0.2) is 26.5 Å². The van der Waals surface area contributed by atoms with Gasteiger partial charge in [-0.1, -0.05) is 0 Å². The molecule has 19 heavy (non-hydrogen) atoms. The third-order valence-corrected chi connectivity index (χ3v) is 4.56. The smallest absolute Gasteiger partial charge is 0.261 e. The standard InChI is InChI=1S/C12H12ClNO4S/c13-19(16,17)9-3-4-10-7(5-9)6-11(18-10)12(15)14-8-1-2-8/h3-5,8,11H,1-2,6H2,(H,14,15). The van der Waals surface area contributed by atoms with Crippen molar-refractivity contribution in [2.75, 3.05) is 0 Å². The molecule has 0 bridgehead atoms. The zero-order valence-corrected chi connectivity index (χ0v) is 11.5. The van der Waals surface area contributed by atoms with Crippen molar-refractivity contribution in [2.24, 2.45) is 0 Å². The normalized spacial score (nSPS) is 21.6. The van der Waals surface area contributed by atoms with Crippen LogP contribution in [-0.2, 0) is 20.3 Å². The highest BCUT2D eigenvalue weighted by molar-refractivity contribution is 8.13. The molecule has 5 nitrogen and oxygen atoms in total. The Morgan fingerprint density at radius 3 is 2.74 bits per heavy atom. The van der Waals surface area contributed by atoms with Crippen molar-refractivity contribution in [3.8, 4) is 5.75 Å². The molecular weight excluding hydrogens is 290 g/mol. The van der Waals surface area contributed by atoms with Gasteiger partial charge < -0.3 is 10.1 Å². The molecule has 7 heteroatoms. The van der Waals surface area contributed by atoms with E-state index in [4.69, 9.17) is 15.4 Å². The molecule has 1 amide bonds. The van der Waals surface area contributed by atoms with E-state index in [9.17, 15) is 13.2 Å². The van der Waals surface area contributed by atoms with Crippen LogP contribution >= 0.6 is 10.7 Å². The average molecular weight is 302 g/mol. The third-order valence-electron chi connectivity index (χ3n) is 3.20. The van der Waals surface area contributed by atoms with Crippen LogP contribution in [0.25, 0.3) is 0 Å². The van der Waals surface area contributed by atoms with Gasteiger partial charge in [-0.15, -0.1) is 0 Å². The lowest BCUT2D eigenvalue weighted by Gasteiger charge is -2.10. The number of carbonyl (C=O) groups excluding carboxylic acids is 1. The number of hydrogen-bond donors (Lipinski definition) is 1. The predicted molar refractivity (Wildman–Crippen MR) is 68.8 cm³/mol. The summed E-state index contributed by atoms with van der Waals surface area (Å²) in [5, 5.41) is 2.87. The Morgan fingerprint density at radius 2 is 2.11 bits per heavy atom. The van der Waals surface area contributed by atoms with Crippen molar-refractivity contribution in [2.45, 2.75) is 36.3 Å². The van der Waals surface area contributed by atoms with E-state index in [1.807, 2.05) is 0 Å². The summed E-state index contributed by atoms with van der Waals surface area (Å²) in [7, 11) is 1.53. The van der Waals surface area contributed by atoms with E-state index in [2.05, 4.69) is 5.32 Å². The van der Waals surface area contributed by atoms with Crippen LogP contribution in [0.3, 0.4) is 0 Å². The molecule has 0 aromatic heterocycles. The molecule has 1 aliphatic heterocycles. The monoisotopic (exact) mass is 301 g/mol. The molecule has 1 unspecified atom stereocenters. The number of ether oxygens (including phenoxy) is 1. The molecule has 3 rings (SSSR count). The number of fused-ring (bicyclic) bond motifs is 1. The molecule has 0 saturated heterocycles. The quantitative estimate of drug-likeness (QED) is 0.851. The fraction of sp³-hybridized carbons (Fsp3) is 0.417. The van der Waals surface area contributed by atoms with Crippen molar-refractivity contribution in [3.05, 3.63) is 23.8 Å². The van der Waals surface area contributed by atoms with E-state index in [0.29, 0.717) is 17.7 Å². The van der Waals surface area contributed by atoms with Gasteiger partial charge in [-0.05, 0) is 36.6 Å². The number of rotatable bonds is 3. The van der Waals surface area contributed by atoms with Gasteiger partial charge in [0.15, 0.2) is 6.10 Å². The highest BCUT2D eigenvalue weighted by Gasteiger charge is 2.33. The topological polar surface area (TPSA) is 72.5 Å². The van der Waals surface area contributed by atoms with E-state index in [1.54, 1.807) is 0 Å². The van der Waals surface area contributed by atoms with Gasteiger partial charge in [0, 0.05) is 23.1 Å². The fourth-order valence-electron chi connectivity index (χ4n) is 2.04. The van der Waals surface area contributed by atoms with E-state index in [1.165, 1.54) is 18.2 Å². The van der Waals surface area contributed by atoms with Crippen LogP contribution in [0.5, 0.6) is 5.75 Å². The molecule has 1 saturated carbocycles. The summed E-state index contributed by atoms with van der Waals surface area (Å²) in [5.74, 6) is 0.397. The number of halogens is 1. The molecule has 1 fully saturated rings. The second-order valence-electron chi connectivity index (χ2n) is 4.80. The third kappa shape index (κ3) is 2.69. The zero-order chi connectivity index (χ0) is 13.6. The van der Waals surface area contributed by atoms with Gasteiger partial charge in [0.2, 0.25) is 0 Å². The maximum absolute atomic E-state index is 11.9. The first-order valence-electron chi connectivity index (χ1n) is 5.98. The molecule has 2 aliphatic rings. The summed E-state index contributed by atoms with van der Waals surface area (Å²) in [6, 6.07) is 4.65. The summed E-state index contributed by atoms with van der Waals surface area (Å²) in [6.45, 7) is 0. The first-order chi connectivity index (χ1) is 8.93. The van der Waals surface area contributed by atoms with Gasteiger partial charge in [-0.25, -0.2) is 8.42 Å². The van der Waals surface area contributed by atoms with Gasteiger partial charge >= 0.3 is 0 Å². The van der Waals surface area contributed by atoms with Crippen molar-refractivity contribution >= 4 is 25.6 Å². The molecule has 0 spiro atoms. The molecule has 1 aliphatic carbocycles. The Hall–Kier alpha value is -1.27. The minimum Gasteiger partial charge on any atom is -0.480 e. The molecule has 1 heterocycles. The maximum atomic E-state index is 11.9. The number of hydrogen-bond acceptors (Lipinski definition) is 4. The molecule has 102 valence electrons. The van der Waals surface area contributed by atoms with E-state index < -0.39 is 15.2 Å². The van der Waals surface area contributed by atoms with Gasteiger partial charge in [0.25, 0.3) is 15.0 Å². The highest BCUT2D eigenvalue weighted by Crippen LogP contribution is 2.32. The molecule has 1 N–H and O–H groups in total. The van der Waals surface area contributed by atoms with Gasteiger partial charge in [-0.3, -0.25) is 4.79 Å². The lowest BCUT2D eigenvalue weighted by Crippen LogP contribution is -2.38. The Balaban J connectivity index is 1.78. The fourth-order valence-corrected chi connectivity index (χ4v) is 2.85. The number of nitrogens with one attached hydrogen (secondary N) is 1. The van der Waals surface area contributed by atoms with Gasteiger partial charge in [-0.2, -0.15) is 0 Å². The minimum absolute atomic E-state index is 0.0276. The second-order valence-corrected chi connectivity index (χ2v) is 7.37. The highest BCUT2D eigenvalue weighted by atomic mass is 35.7. The summed E-state index contributed by atoms with van der Waals surface area (Å²) >= 11 is 0. The van der Waals surface area contributed by atoms with Gasteiger partial charge in [0.05, 0.1) is 4.90 Å². The lowest BCUT2D eigenvalue weighted by atomic mass is 10.1. The molecule has 1 aromatic carbocycles. The first kappa shape index (κ1) is 12.7. The molecule has 0 radical (unpaired) electrons. The Bertz CT molecular complexity index is 639. The van der Waals surface area contributed by atoms with E-state index in [-0.39, 0.29) is 16.8 Å². The molecular formula is C12H12ClNO4S. The summed E-state index contributed by atoms with van der Waals surface area (Å²) < 4.78 is 28.0.